The average Bonchev–Trinajstić information content (AvgIpc) is 3.01. The Hall–Kier alpha value is -2.21. The summed E-state index contributed by atoms with van der Waals surface area (Å²) in [6.45, 7) is 0.590. The van der Waals surface area contributed by atoms with Crippen molar-refractivity contribution in [3.8, 4) is 11.4 Å². The van der Waals surface area contributed by atoms with Crippen LogP contribution in [0.1, 0.15) is 5.69 Å². The van der Waals surface area contributed by atoms with Crippen LogP contribution in [0.4, 0.5) is 5.00 Å². The average molecular weight is 257 g/mol. The zero-order valence-corrected chi connectivity index (χ0v) is 10.3. The summed E-state index contributed by atoms with van der Waals surface area (Å²) in [4.78, 5) is 4.37. The standard InChI is InChI=1S/C12H11N5S/c13-11-10(15-16-18-11)8-17-7-6-14-12(17)9-4-2-1-3-5-9/h1-7H,8,13H2. The van der Waals surface area contributed by atoms with E-state index in [0.717, 1.165) is 17.1 Å². The summed E-state index contributed by atoms with van der Waals surface area (Å²) in [5.41, 5.74) is 7.67. The molecule has 0 fully saturated rings. The summed E-state index contributed by atoms with van der Waals surface area (Å²) >= 11 is 1.21. The van der Waals surface area contributed by atoms with Crippen molar-refractivity contribution in [2.75, 3.05) is 5.73 Å². The first-order chi connectivity index (χ1) is 8.84. The first-order valence-electron chi connectivity index (χ1n) is 5.48. The van der Waals surface area contributed by atoms with Gasteiger partial charge in [-0.25, -0.2) is 4.98 Å². The molecule has 0 amide bonds. The number of nitrogens with zero attached hydrogens (tertiary/aromatic N) is 4. The molecule has 90 valence electrons. The molecule has 2 aromatic heterocycles. The van der Waals surface area contributed by atoms with E-state index in [1.54, 1.807) is 6.20 Å². The monoisotopic (exact) mass is 257 g/mol. The van der Waals surface area contributed by atoms with Crippen molar-refractivity contribution in [2.45, 2.75) is 6.54 Å². The van der Waals surface area contributed by atoms with Gasteiger partial charge in [-0.15, -0.1) is 5.10 Å². The number of hydrogen-bond acceptors (Lipinski definition) is 5. The van der Waals surface area contributed by atoms with Gasteiger partial charge in [0, 0.05) is 29.5 Å². The minimum atomic E-state index is 0.590. The molecule has 0 aliphatic rings. The van der Waals surface area contributed by atoms with Gasteiger partial charge < -0.3 is 10.3 Å². The zero-order valence-electron chi connectivity index (χ0n) is 9.52. The quantitative estimate of drug-likeness (QED) is 0.779. The van der Waals surface area contributed by atoms with Gasteiger partial charge in [-0.1, -0.05) is 34.8 Å². The van der Waals surface area contributed by atoms with Crippen LogP contribution in [0.2, 0.25) is 0 Å². The lowest BCUT2D eigenvalue weighted by Gasteiger charge is -2.06. The second kappa shape index (κ2) is 4.58. The predicted molar refractivity (Wildman–Crippen MR) is 71.1 cm³/mol. The second-order valence-electron chi connectivity index (χ2n) is 3.83. The number of hydrogen-bond donors (Lipinski definition) is 1. The van der Waals surface area contributed by atoms with Gasteiger partial charge in [-0.2, -0.15) is 0 Å². The number of imidazole rings is 1. The molecule has 0 aliphatic heterocycles. The Bertz CT molecular complexity index is 643. The van der Waals surface area contributed by atoms with Crippen LogP contribution in [0.25, 0.3) is 11.4 Å². The predicted octanol–water partition coefficient (Wildman–Crippen LogP) is 2.03. The van der Waals surface area contributed by atoms with Crippen molar-refractivity contribution in [3.05, 3.63) is 48.4 Å². The van der Waals surface area contributed by atoms with E-state index in [1.807, 2.05) is 41.1 Å². The lowest BCUT2D eigenvalue weighted by Crippen LogP contribution is -2.03. The first-order valence-corrected chi connectivity index (χ1v) is 6.25. The lowest BCUT2D eigenvalue weighted by molar-refractivity contribution is 0.778. The molecule has 0 saturated heterocycles. The molecule has 0 bridgehead atoms. The minimum Gasteiger partial charge on any atom is -0.388 e. The molecule has 0 unspecified atom stereocenters. The van der Waals surface area contributed by atoms with Crippen molar-refractivity contribution < 1.29 is 0 Å². The van der Waals surface area contributed by atoms with Gasteiger partial charge in [-0.05, 0) is 0 Å². The maximum absolute atomic E-state index is 5.81. The smallest absolute Gasteiger partial charge is 0.140 e. The molecule has 6 heteroatoms. The molecular weight excluding hydrogens is 246 g/mol. The number of aromatic nitrogens is 4. The van der Waals surface area contributed by atoms with E-state index in [4.69, 9.17) is 5.73 Å². The van der Waals surface area contributed by atoms with Crippen LogP contribution in [0.3, 0.4) is 0 Å². The summed E-state index contributed by atoms with van der Waals surface area (Å²) < 4.78 is 5.85. The third kappa shape index (κ3) is 1.98. The normalized spacial score (nSPS) is 10.7. The molecule has 1 aromatic carbocycles. The maximum Gasteiger partial charge on any atom is 0.140 e. The van der Waals surface area contributed by atoms with E-state index < -0.39 is 0 Å². The third-order valence-corrected chi connectivity index (χ3v) is 3.25. The summed E-state index contributed by atoms with van der Waals surface area (Å²) in [5.74, 6) is 0.906. The van der Waals surface area contributed by atoms with Crippen molar-refractivity contribution in [3.63, 3.8) is 0 Å². The highest BCUT2D eigenvalue weighted by molar-refractivity contribution is 7.09. The molecule has 5 nitrogen and oxygen atoms in total. The van der Waals surface area contributed by atoms with E-state index in [2.05, 4.69) is 14.6 Å². The number of rotatable bonds is 3. The number of nitrogen functional groups attached to an aromatic ring is 1. The fraction of sp³-hybridized carbons (Fsp3) is 0.0833. The molecule has 2 heterocycles. The van der Waals surface area contributed by atoms with Gasteiger partial charge in [0.2, 0.25) is 0 Å². The van der Waals surface area contributed by atoms with Gasteiger partial charge in [-0.3, -0.25) is 0 Å². The number of anilines is 1. The molecular formula is C12H11N5S. The summed E-state index contributed by atoms with van der Waals surface area (Å²) in [5, 5.41) is 4.68. The lowest BCUT2D eigenvalue weighted by atomic mass is 10.2. The fourth-order valence-corrected chi connectivity index (χ4v) is 2.21. The topological polar surface area (TPSA) is 69.6 Å². The van der Waals surface area contributed by atoms with Crippen molar-refractivity contribution >= 4 is 16.5 Å². The Morgan fingerprint density at radius 2 is 2.06 bits per heavy atom. The van der Waals surface area contributed by atoms with Crippen molar-refractivity contribution in [2.24, 2.45) is 0 Å². The van der Waals surface area contributed by atoms with Crippen LogP contribution in [0, 0.1) is 0 Å². The molecule has 0 spiro atoms. The third-order valence-electron chi connectivity index (χ3n) is 2.65. The second-order valence-corrected chi connectivity index (χ2v) is 4.61. The van der Waals surface area contributed by atoms with Crippen molar-refractivity contribution in [1.82, 2.24) is 19.1 Å². The van der Waals surface area contributed by atoms with Crippen LogP contribution in [-0.2, 0) is 6.54 Å². The molecule has 3 rings (SSSR count). The van der Waals surface area contributed by atoms with Gasteiger partial charge in [0.1, 0.15) is 16.5 Å². The maximum atomic E-state index is 5.81. The van der Waals surface area contributed by atoms with Gasteiger partial charge >= 0.3 is 0 Å². The van der Waals surface area contributed by atoms with Gasteiger partial charge in [0.05, 0.1) is 6.54 Å². The Kier molecular flexibility index (Phi) is 2.77. The van der Waals surface area contributed by atoms with Crippen LogP contribution < -0.4 is 5.73 Å². The Morgan fingerprint density at radius 1 is 1.22 bits per heavy atom. The number of benzene rings is 1. The summed E-state index contributed by atoms with van der Waals surface area (Å²) in [6.07, 6.45) is 3.69. The summed E-state index contributed by atoms with van der Waals surface area (Å²) in [6, 6.07) is 10.0. The molecule has 18 heavy (non-hydrogen) atoms. The molecule has 2 N–H and O–H groups in total. The molecule has 0 atom stereocenters. The van der Waals surface area contributed by atoms with Crippen LogP contribution in [0.5, 0.6) is 0 Å². The Balaban J connectivity index is 1.95. The Morgan fingerprint density at radius 3 is 2.78 bits per heavy atom. The molecule has 0 radical (unpaired) electrons. The van der Waals surface area contributed by atoms with E-state index in [-0.39, 0.29) is 0 Å². The SMILES string of the molecule is Nc1snnc1Cn1ccnc1-c1ccccc1. The van der Waals surface area contributed by atoms with Crippen LogP contribution >= 0.6 is 11.5 Å². The van der Waals surface area contributed by atoms with E-state index in [1.165, 1.54) is 11.5 Å². The van der Waals surface area contributed by atoms with Crippen LogP contribution in [0.15, 0.2) is 42.7 Å². The highest BCUT2D eigenvalue weighted by Gasteiger charge is 2.09. The summed E-state index contributed by atoms with van der Waals surface area (Å²) in [7, 11) is 0. The highest BCUT2D eigenvalue weighted by Crippen LogP contribution is 2.20. The first kappa shape index (κ1) is 10.9. The van der Waals surface area contributed by atoms with Crippen molar-refractivity contribution in [1.29, 1.82) is 0 Å². The number of nitrogens with two attached hydrogens (primary N) is 1. The van der Waals surface area contributed by atoms with E-state index >= 15 is 0 Å². The fourth-order valence-electron chi connectivity index (χ4n) is 1.77. The zero-order chi connectivity index (χ0) is 12.4. The highest BCUT2D eigenvalue weighted by atomic mass is 32.1. The van der Waals surface area contributed by atoms with Crippen LogP contribution in [-0.4, -0.2) is 19.1 Å². The van der Waals surface area contributed by atoms with E-state index in [9.17, 15) is 0 Å². The molecule has 0 saturated carbocycles. The van der Waals surface area contributed by atoms with E-state index in [0.29, 0.717) is 11.5 Å². The minimum absolute atomic E-state index is 0.590. The largest absolute Gasteiger partial charge is 0.388 e. The Labute approximate surface area is 108 Å². The van der Waals surface area contributed by atoms with Gasteiger partial charge in [0.25, 0.3) is 0 Å². The molecule has 3 aromatic rings. The van der Waals surface area contributed by atoms with Gasteiger partial charge in [0.15, 0.2) is 0 Å². The molecule has 0 aliphatic carbocycles.